The fourth-order valence-corrected chi connectivity index (χ4v) is 2.07. The maximum Gasteiger partial charge on any atom is 0.354 e. The number of hydrogen-bond donors (Lipinski definition) is 3. The fourth-order valence-electron chi connectivity index (χ4n) is 1.86. The second kappa shape index (κ2) is 4.16. The molecule has 0 radical (unpaired) electrons. The summed E-state index contributed by atoms with van der Waals surface area (Å²) in [7, 11) is 0. The van der Waals surface area contributed by atoms with Gasteiger partial charge >= 0.3 is 5.97 Å². The molecule has 1 aromatic heterocycles. The van der Waals surface area contributed by atoms with E-state index in [4.69, 9.17) is 22.1 Å². The van der Waals surface area contributed by atoms with Gasteiger partial charge in [-0.25, -0.2) is 4.79 Å². The Morgan fingerprint density at radius 2 is 2.07 bits per heavy atom. The highest BCUT2D eigenvalue weighted by atomic mass is 32.1. The van der Waals surface area contributed by atoms with Crippen LogP contribution in [0, 0.1) is 4.77 Å². The van der Waals surface area contributed by atoms with Gasteiger partial charge in [0.1, 0.15) is 5.69 Å². The Balaban J connectivity index is 2.33. The average molecular weight is 228 g/mol. The first-order valence-electron chi connectivity index (χ1n) is 4.81. The summed E-state index contributed by atoms with van der Waals surface area (Å²) in [6.45, 7) is 1.35. The van der Waals surface area contributed by atoms with Crippen molar-refractivity contribution in [3.63, 3.8) is 0 Å². The van der Waals surface area contributed by atoms with Crippen LogP contribution in [-0.2, 0) is 4.74 Å². The summed E-state index contributed by atoms with van der Waals surface area (Å²) in [6, 6.07) is 0. The Hall–Kier alpha value is -1.14. The van der Waals surface area contributed by atoms with Crippen LogP contribution >= 0.6 is 12.2 Å². The zero-order valence-corrected chi connectivity index (χ0v) is 8.89. The van der Waals surface area contributed by atoms with Gasteiger partial charge in [-0.2, -0.15) is 0 Å². The van der Waals surface area contributed by atoms with Gasteiger partial charge in [-0.1, -0.05) is 0 Å². The number of hydrogen-bond acceptors (Lipinski definition) is 3. The molecule has 5 nitrogen and oxygen atoms in total. The van der Waals surface area contributed by atoms with Crippen molar-refractivity contribution in [1.82, 2.24) is 9.97 Å². The number of carboxylic acid groups (broad SMARTS) is 1. The van der Waals surface area contributed by atoms with Crippen molar-refractivity contribution < 1.29 is 14.6 Å². The number of H-pyrrole nitrogens is 2. The lowest BCUT2D eigenvalue weighted by atomic mass is 9.95. The number of rotatable bonds is 2. The molecule has 0 spiro atoms. The SMILES string of the molecule is O=C(O)c1[nH]c(=S)[nH]c1C1CCOCC1. The van der Waals surface area contributed by atoms with Crippen LogP contribution in [0.1, 0.15) is 34.9 Å². The van der Waals surface area contributed by atoms with E-state index >= 15 is 0 Å². The van der Waals surface area contributed by atoms with Crippen LogP contribution in [0.5, 0.6) is 0 Å². The van der Waals surface area contributed by atoms with E-state index in [0.29, 0.717) is 23.7 Å². The van der Waals surface area contributed by atoms with E-state index in [9.17, 15) is 4.79 Å². The molecule has 0 bridgehead atoms. The highest BCUT2D eigenvalue weighted by Crippen LogP contribution is 2.27. The molecule has 2 heterocycles. The fraction of sp³-hybridized carbons (Fsp3) is 0.556. The summed E-state index contributed by atoms with van der Waals surface area (Å²) in [5, 5.41) is 8.98. The van der Waals surface area contributed by atoms with E-state index in [0.717, 1.165) is 12.8 Å². The summed E-state index contributed by atoms with van der Waals surface area (Å²) in [5.41, 5.74) is 0.891. The minimum absolute atomic E-state index is 0.187. The first-order valence-corrected chi connectivity index (χ1v) is 5.22. The van der Waals surface area contributed by atoms with E-state index in [1.165, 1.54) is 0 Å². The third kappa shape index (κ3) is 2.10. The molecule has 6 heteroatoms. The number of aromatic nitrogens is 2. The van der Waals surface area contributed by atoms with Crippen molar-refractivity contribution >= 4 is 18.2 Å². The lowest BCUT2D eigenvalue weighted by Crippen LogP contribution is -2.16. The summed E-state index contributed by atoms with van der Waals surface area (Å²) >= 11 is 4.90. The van der Waals surface area contributed by atoms with Gasteiger partial charge in [0, 0.05) is 19.1 Å². The molecular weight excluding hydrogens is 216 g/mol. The van der Waals surface area contributed by atoms with Gasteiger partial charge in [0.05, 0.1) is 5.69 Å². The monoisotopic (exact) mass is 228 g/mol. The number of carbonyl (C=O) groups is 1. The van der Waals surface area contributed by atoms with Crippen LogP contribution in [0.4, 0.5) is 0 Å². The van der Waals surface area contributed by atoms with Gasteiger partial charge in [-0.3, -0.25) is 0 Å². The highest BCUT2D eigenvalue weighted by Gasteiger charge is 2.23. The third-order valence-corrected chi connectivity index (χ3v) is 2.80. The number of ether oxygens (including phenoxy) is 1. The van der Waals surface area contributed by atoms with E-state index in [1.807, 2.05) is 0 Å². The van der Waals surface area contributed by atoms with Gasteiger partial charge in [0.25, 0.3) is 0 Å². The Morgan fingerprint density at radius 3 is 2.67 bits per heavy atom. The van der Waals surface area contributed by atoms with Crippen molar-refractivity contribution in [2.24, 2.45) is 0 Å². The lowest BCUT2D eigenvalue weighted by Gasteiger charge is -2.21. The molecule has 15 heavy (non-hydrogen) atoms. The summed E-state index contributed by atoms with van der Waals surface area (Å²) in [5.74, 6) is -0.762. The Kier molecular flexibility index (Phi) is 2.88. The molecule has 82 valence electrons. The summed E-state index contributed by atoms with van der Waals surface area (Å²) in [6.07, 6.45) is 1.67. The first kappa shape index (κ1) is 10.4. The number of aromatic amines is 2. The van der Waals surface area contributed by atoms with Gasteiger partial charge in [0.15, 0.2) is 4.77 Å². The number of nitrogens with one attached hydrogen (secondary N) is 2. The predicted octanol–water partition coefficient (Wildman–Crippen LogP) is 1.66. The molecule has 0 unspecified atom stereocenters. The quantitative estimate of drug-likeness (QED) is 0.673. The van der Waals surface area contributed by atoms with Gasteiger partial charge in [-0.15, -0.1) is 0 Å². The first-order chi connectivity index (χ1) is 7.18. The van der Waals surface area contributed by atoms with Crippen molar-refractivity contribution in [3.8, 4) is 0 Å². The van der Waals surface area contributed by atoms with Gasteiger partial charge < -0.3 is 19.8 Å². The van der Waals surface area contributed by atoms with E-state index in [1.54, 1.807) is 0 Å². The molecule has 0 aromatic carbocycles. The van der Waals surface area contributed by atoms with Crippen LogP contribution in [0.25, 0.3) is 0 Å². The van der Waals surface area contributed by atoms with Gasteiger partial charge in [0.2, 0.25) is 0 Å². The number of aromatic carboxylic acids is 1. The van der Waals surface area contributed by atoms with Crippen LogP contribution in [0.2, 0.25) is 0 Å². The second-order valence-electron chi connectivity index (χ2n) is 3.56. The molecule has 1 aliphatic heterocycles. The summed E-state index contributed by atoms with van der Waals surface area (Å²) in [4.78, 5) is 16.5. The van der Waals surface area contributed by atoms with Crippen LogP contribution < -0.4 is 0 Å². The third-order valence-electron chi connectivity index (χ3n) is 2.60. The highest BCUT2D eigenvalue weighted by molar-refractivity contribution is 7.71. The normalized spacial score (nSPS) is 17.9. The molecule has 0 saturated carbocycles. The second-order valence-corrected chi connectivity index (χ2v) is 3.97. The molecule has 1 fully saturated rings. The summed E-state index contributed by atoms with van der Waals surface area (Å²) < 4.78 is 5.60. The average Bonchev–Trinajstić information content (AvgIpc) is 2.62. The minimum atomic E-state index is -0.969. The zero-order valence-electron chi connectivity index (χ0n) is 8.08. The van der Waals surface area contributed by atoms with Crippen molar-refractivity contribution in [3.05, 3.63) is 16.2 Å². The molecule has 1 saturated heterocycles. The van der Waals surface area contributed by atoms with Crippen molar-refractivity contribution in [1.29, 1.82) is 0 Å². The maximum absolute atomic E-state index is 10.9. The lowest BCUT2D eigenvalue weighted by molar-refractivity contribution is 0.0678. The number of carboxylic acids is 1. The largest absolute Gasteiger partial charge is 0.477 e. The van der Waals surface area contributed by atoms with Crippen LogP contribution in [0.15, 0.2) is 0 Å². The predicted molar refractivity (Wildman–Crippen MR) is 55.7 cm³/mol. The van der Waals surface area contributed by atoms with E-state index in [-0.39, 0.29) is 11.6 Å². The number of imidazole rings is 1. The molecule has 3 N–H and O–H groups in total. The molecule has 0 aliphatic carbocycles. The molecule has 2 rings (SSSR count). The minimum Gasteiger partial charge on any atom is -0.477 e. The van der Waals surface area contributed by atoms with E-state index in [2.05, 4.69) is 9.97 Å². The Bertz CT molecular complexity index is 417. The molecule has 1 aromatic rings. The van der Waals surface area contributed by atoms with E-state index < -0.39 is 5.97 Å². The van der Waals surface area contributed by atoms with Crippen LogP contribution in [0.3, 0.4) is 0 Å². The maximum atomic E-state index is 10.9. The molecule has 1 aliphatic rings. The molecule has 0 amide bonds. The van der Waals surface area contributed by atoms with Crippen molar-refractivity contribution in [2.75, 3.05) is 13.2 Å². The Labute approximate surface area is 91.5 Å². The topological polar surface area (TPSA) is 78.1 Å². The van der Waals surface area contributed by atoms with Crippen molar-refractivity contribution in [2.45, 2.75) is 18.8 Å². The Morgan fingerprint density at radius 1 is 1.40 bits per heavy atom. The smallest absolute Gasteiger partial charge is 0.354 e. The van der Waals surface area contributed by atoms with Crippen LogP contribution in [-0.4, -0.2) is 34.3 Å². The standard InChI is InChI=1S/C9H12N2O3S/c12-8(13)7-6(10-9(15)11-7)5-1-3-14-4-2-5/h5H,1-4H2,(H,12,13)(H2,10,11,15). The molecular formula is C9H12N2O3S. The molecule has 0 atom stereocenters. The zero-order chi connectivity index (χ0) is 10.8. The van der Waals surface area contributed by atoms with Gasteiger partial charge in [-0.05, 0) is 25.1 Å².